The van der Waals surface area contributed by atoms with E-state index in [0.29, 0.717) is 6.04 Å². The summed E-state index contributed by atoms with van der Waals surface area (Å²) < 4.78 is 1.26. The van der Waals surface area contributed by atoms with Gasteiger partial charge in [0.05, 0.1) is 10.2 Å². The van der Waals surface area contributed by atoms with Gasteiger partial charge in [-0.1, -0.05) is 5.57 Å². The summed E-state index contributed by atoms with van der Waals surface area (Å²) in [6.45, 7) is 6.03. The zero-order chi connectivity index (χ0) is 12.3. The minimum Gasteiger partial charge on any atom is -0.313 e. The minimum atomic E-state index is 0.366. The molecule has 90 valence electrons. The summed E-state index contributed by atoms with van der Waals surface area (Å²) in [7, 11) is 2.00. The molecule has 1 N–H and O–H groups in total. The van der Waals surface area contributed by atoms with Gasteiger partial charge in [0.25, 0.3) is 0 Å². The molecule has 0 aliphatic heterocycles. The van der Waals surface area contributed by atoms with Gasteiger partial charge in [0.15, 0.2) is 0 Å². The predicted octanol–water partition coefficient (Wildman–Crippen LogP) is 3.91. The van der Waals surface area contributed by atoms with Crippen LogP contribution in [-0.4, -0.2) is 12.0 Å². The number of aromatic nitrogens is 1. The van der Waals surface area contributed by atoms with E-state index >= 15 is 0 Å². The van der Waals surface area contributed by atoms with Crippen molar-refractivity contribution in [3.05, 3.63) is 41.4 Å². The summed E-state index contributed by atoms with van der Waals surface area (Å²) >= 11 is 1.75. The van der Waals surface area contributed by atoms with Crippen molar-refractivity contribution in [1.29, 1.82) is 0 Å². The maximum absolute atomic E-state index is 4.49. The smallest absolute Gasteiger partial charge is 0.0809 e. The number of fused-ring (bicyclic) bond motifs is 1. The van der Waals surface area contributed by atoms with E-state index in [4.69, 9.17) is 0 Å². The molecule has 2 aromatic heterocycles. The third-order valence-electron chi connectivity index (χ3n) is 2.93. The van der Waals surface area contributed by atoms with Crippen LogP contribution >= 0.6 is 11.3 Å². The van der Waals surface area contributed by atoms with E-state index in [1.165, 1.54) is 15.8 Å². The monoisotopic (exact) mass is 246 g/mol. The molecule has 0 radical (unpaired) electrons. The maximum atomic E-state index is 4.49. The third kappa shape index (κ3) is 2.93. The molecule has 2 heterocycles. The predicted molar refractivity (Wildman–Crippen MR) is 75.5 cm³/mol. The van der Waals surface area contributed by atoms with Gasteiger partial charge >= 0.3 is 0 Å². The molecule has 0 aromatic carbocycles. The lowest BCUT2D eigenvalue weighted by molar-refractivity contribution is 0.547. The number of hydrogen-bond donors (Lipinski definition) is 1. The molecule has 2 nitrogen and oxygen atoms in total. The summed E-state index contributed by atoms with van der Waals surface area (Å²) in [5, 5.41) is 5.44. The second-order valence-corrected chi connectivity index (χ2v) is 5.36. The molecule has 0 fully saturated rings. The fraction of sp³-hybridized carbons (Fsp3) is 0.357. The SMILES string of the molecule is C=C(C)CCC(NC)c1cnc2ccsc2c1. The van der Waals surface area contributed by atoms with Crippen LogP contribution in [0.5, 0.6) is 0 Å². The lowest BCUT2D eigenvalue weighted by atomic mass is 10.0. The number of nitrogens with one attached hydrogen (secondary N) is 1. The molecule has 1 atom stereocenters. The van der Waals surface area contributed by atoms with Gasteiger partial charge in [-0.3, -0.25) is 4.98 Å². The number of thiophene rings is 1. The van der Waals surface area contributed by atoms with Crippen LogP contribution in [0.3, 0.4) is 0 Å². The largest absolute Gasteiger partial charge is 0.313 e. The van der Waals surface area contributed by atoms with Gasteiger partial charge in [0.1, 0.15) is 0 Å². The molecule has 0 aliphatic rings. The van der Waals surface area contributed by atoms with Crippen molar-refractivity contribution in [3.8, 4) is 0 Å². The Balaban J connectivity index is 2.20. The normalized spacial score (nSPS) is 12.8. The Labute approximate surface area is 106 Å². The highest BCUT2D eigenvalue weighted by Gasteiger charge is 2.10. The number of hydrogen-bond acceptors (Lipinski definition) is 3. The van der Waals surface area contributed by atoms with E-state index in [1.54, 1.807) is 11.3 Å². The fourth-order valence-electron chi connectivity index (χ4n) is 1.92. The number of rotatable bonds is 5. The van der Waals surface area contributed by atoms with Gasteiger partial charge in [0.2, 0.25) is 0 Å². The standard InChI is InChI=1S/C14H18N2S/c1-10(2)4-5-12(15-3)11-8-14-13(16-9-11)6-7-17-14/h6-9,12,15H,1,4-5H2,2-3H3. The molecule has 0 aliphatic carbocycles. The van der Waals surface area contributed by atoms with Crippen molar-refractivity contribution in [2.24, 2.45) is 0 Å². The van der Waals surface area contributed by atoms with Crippen LogP contribution in [0.15, 0.2) is 35.9 Å². The Kier molecular flexibility index (Phi) is 3.92. The lowest BCUT2D eigenvalue weighted by Crippen LogP contribution is -2.16. The van der Waals surface area contributed by atoms with Gasteiger partial charge in [-0.05, 0) is 49.9 Å². The Hall–Kier alpha value is -1.19. The molecule has 0 saturated heterocycles. The van der Waals surface area contributed by atoms with E-state index in [-0.39, 0.29) is 0 Å². The van der Waals surface area contributed by atoms with Crippen LogP contribution in [0.25, 0.3) is 10.2 Å². The molecule has 3 heteroatoms. The van der Waals surface area contributed by atoms with Crippen LogP contribution in [-0.2, 0) is 0 Å². The zero-order valence-electron chi connectivity index (χ0n) is 10.4. The molecule has 0 spiro atoms. The van der Waals surface area contributed by atoms with Crippen LogP contribution in [0.1, 0.15) is 31.4 Å². The van der Waals surface area contributed by atoms with E-state index in [2.05, 4.69) is 41.3 Å². The summed E-state index contributed by atoms with van der Waals surface area (Å²) in [4.78, 5) is 4.49. The molecule has 0 saturated carbocycles. The number of allylic oxidation sites excluding steroid dienone is 1. The third-order valence-corrected chi connectivity index (χ3v) is 3.79. The highest BCUT2D eigenvalue weighted by Crippen LogP contribution is 2.25. The van der Waals surface area contributed by atoms with Crippen LogP contribution in [0.2, 0.25) is 0 Å². The maximum Gasteiger partial charge on any atom is 0.0809 e. The molecular formula is C14H18N2S. The zero-order valence-corrected chi connectivity index (χ0v) is 11.2. The van der Waals surface area contributed by atoms with Crippen molar-refractivity contribution in [2.45, 2.75) is 25.8 Å². The van der Waals surface area contributed by atoms with Crippen LogP contribution in [0, 0.1) is 0 Å². The van der Waals surface area contributed by atoms with Crippen molar-refractivity contribution in [2.75, 3.05) is 7.05 Å². The highest BCUT2D eigenvalue weighted by molar-refractivity contribution is 7.17. The first-order valence-corrected chi connectivity index (χ1v) is 6.73. The topological polar surface area (TPSA) is 24.9 Å². The Bertz CT molecular complexity index is 516. The molecular weight excluding hydrogens is 228 g/mol. The molecule has 0 bridgehead atoms. The first kappa shape index (κ1) is 12.3. The van der Waals surface area contributed by atoms with Crippen molar-refractivity contribution >= 4 is 21.6 Å². The summed E-state index contributed by atoms with van der Waals surface area (Å²) in [5.74, 6) is 0. The van der Waals surface area contributed by atoms with Crippen molar-refractivity contribution in [3.63, 3.8) is 0 Å². The van der Waals surface area contributed by atoms with Crippen molar-refractivity contribution in [1.82, 2.24) is 10.3 Å². The molecule has 0 amide bonds. The second-order valence-electron chi connectivity index (χ2n) is 4.41. The highest BCUT2D eigenvalue weighted by atomic mass is 32.1. The average Bonchev–Trinajstić information content (AvgIpc) is 2.76. The Morgan fingerprint density at radius 1 is 1.59 bits per heavy atom. The van der Waals surface area contributed by atoms with Gasteiger partial charge < -0.3 is 5.32 Å². The second kappa shape index (κ2) is 5.43. The Morgan fingerprint density at radius 3 is 3.12 bits per heavy atom. The van der Waals surface area contributed by atoms with Gasteiger partial charge in [-0.25, -0.2) is 0 Å². The van der Waals surface area contributed by atoms with Crippen LogP contribution < -0.4 is 5.32 Å². The van der Waals surface area contributed by atoms with Gasteiger partial charge in [-0.15, -0.1) is 17.9 Å². The number of nitrogens with zero attached hydrogens (tertiary/aromatic N) is 1. The van der Waals surface area contributed by atoms with E-state index in [1.807, 2.05) is 13.2 Å². The Morgan fingerprint density at radius 2 is 2.41 bits per heavy atom. The summed E-state index contributed by atoms with van der Waals surface area (Å²) in [6.07, 6.45) is 4.10. The average molecular weight is 246 g/mol. The van der Waals surface area contributed by atoms with E-state index in [9.17, 15) is 0 Å². The minimum absolute atomic E-state index is 0.366. The summed E-state index contributed by atoms with van der Waals surface area (Å²) in [6, 6.07) is 4.67. The van der Waals surface area contributed by atoms with Gasteiger partial charge in [-0.2, -0.15) is 0 Å². The first-order valence-electron chi connectivity index (χ1n) is 5.85. The lowest BCUT2D eigenvalue weighted by Gasteiger charge is -2.16. The molecule has 2 rings (SSSR count). The van der Waals surface area contributed by atoms with E-state index in [0.717, 1.165) is 18.4 Å². The molecule has 17 heavy (non-hydrogen) atoms. The first-order chi connectivity index (χ1) is 8.20. The van der Waals surface area contributed by atoms with E-state index < -0.39 is 0 Å². The fourth-order valence-corrected chi connectivity index (χ4v) is 2.71. The van der Waals surface area contributed by atoms with Crippen molar-refractivity contribution < 1.29 is 0 Å². The van der Waals surface area contributed by atoms with Crippen LogP contribution in [0.4, 0.5) is 0 Å². The van der Waals surface area contributed by atoms with Gasteiger partial charge in [0, 0.05) is 12.2 Å². The quantitative estimate of drug-likeness (QED) is 0.809. The number of pyridine rings is 1. The molecule has 2 aromatic rings. The molecule has 1 unspecified atom stereocenters. The summed E-state index contributed by atoms with van der Waals surface area (Å²) in [5.41, 5.74) is 3.59.